The van der Waals surface area contributed by atoms with Crippen molar-refractivity contribution < 1.29 is 116 Å². The van der Waals surface area contributed by atoms with Gasteiger partial charge in [0.15, 0.2) is 0 Å². The van der Waals surface area contributed by atoms with E-state index in [1.807, 2.05) is 0 Å². The molecule has 59 valence electrons. The monoisotopic (exact) mass is 429 g/mol. The van der Waals surface area contributed by atoms with Crippen LogP contribution in [0.4, 0.5) is 0 Å². The smallest absolute Gasteiger partial charge is 1.00 e. The molecule has 8 heteroatoms. The van der Waals surface area contributed by atoms with Crippen LogP contribution in [0.15, 0.2) is 0 Å². The maximum Gasteiger partial charge on any atom is 3.00 e. The van der Waals surface area contributed by atoms with Crippen LogP contribution in [-0.4, -0.2) is 0 Å². The molecule has 8 heavy (non-hydrogen) atoms. The van der Waals surface area contributed by atoms with Gasteiger partial charge in [-0.3, -0.25) is 0 Å². The average Bonchev–Trinajstić information content (AvgIpc) is 0. The minimum atomic E-state index is 0. The SMILES string of the molecule is [F-].[F-].[F-].[F-].[F-].[F-].[Pr+3].[Yb+3]. The molecular formula is F6PrYb. The second-order valence-electron chi connectivity index (χ2n) is 0. The molecule has 0 heterocycles. The van der Waals surface area contributed by atoms with Crippen molar-refractivity contribution in [2.24, 2.45) is 0 Å². The molecular weight excluding hydrogens is 428 g/mol. The normalized spacial score (nSPS) is 0. The van der Waals surface area contributed by atoms with Crippen LogP contribution in [0.25, 0.3) is 0 Å². The summed E-state index contributed by atoms with van der Waals surface area (Å²) in [6.07, 6.45) is 0. The molecule has 0 saturated carbocycles. The Labute approximate surface area is 114 Å². The fourth-order valence-electron chi connectivity index (χ4n) is 0. The minimum absolute atomic E-state index is 0. The van der Waals surface area contributed by atoms with Crippen molar-refractivity contribution in [2.45, 2.75) is 0 Å². The molecule has 0 aromatic rings. The number of halogens is 6. The van der Waals surface area contributed by atoms with Crippen molar-refractivity contribution in [3.8, 4) is 0 Å². The summed E-state index contributed by atoms with van der Waals surface area (Å²) in [5.74, 6) is 0. The van der Waals surface area contributed by atoms with Gasteiger partial charge in [-0.15, -0.1) is 0 Å². The Kier molecular flexibility index (Phi) is 2160. The van der Waals surface area contributed by atoms with E-state index in [-0.39, 0.29) is 116 Å². The predicted octanol–water partition coefficient (Wildman–Crippen LogP) is -18.0. The van der Waals surface area contributed by atoms with E-state index in [1.165, 1.54) is 0 Å². The first kappa shape index (κ1) is 154. The van der Waals surface area contributed by atoms with Crippen LogP contribution >= 0.6 is 0 Å². The molecule has 0 aliphatic heterocycles. The van der Waals surface area contributed by atoms with Gasteiger partial charge >= 0.3 is 88.2 Å². The summed E-state index contributed by atoms with van der Waals surface area (Å²) in [6.45, 7) is 0. The van der Waals surface area contributed by atoms with Gasteiger partial charge < -0.3 is 28.2 Å². The Hall–Kier alpha value is 2.46. The Morgan fingerprint density at radius 2 is 0.375 bits per heavy atom. The number of hydrogen-bond acceptors (Lipinski definition) is 0. The van der Waals surface area contributed by atoms with Crippen molar-refractivity contribution in [3.05, 3.63) is 0 Å². The topological polar surface area (TPSA) is 0 Å². The third-order valence-electron chi connectivity index (χ3n) is 0. The molecule has 0 rings (SSSR count). The predicted molar refractivity (Wildman–Crippen MR) is 0 cm³/mol. The molecule has 0 nitrogen and oxygen atoms in total. The van der Waals surface area contributed by atoms with Gasteiger partial charge in [-0.1, -0.05) is 0 Å². The maximum atomic E-state index is 0. The van der Waals surface area contributed by atoms with E-state index < -0.39 is 0 Å². The van der Waals surface area contributed by atoms with E-state index >= 15 is 0 Å². The van der Waals surface area contributed by atoms with E-state index in [0.717, 1.165) is 0 Å². The minimum Gasteiger partial charge on any atom is -1.00 e. The number of rotatable bonds is 0. The zero-order chi connectivity index (χ0) is 0. The standard InChI is InChI=1S/6FH.Pr.Yb/h6*1H;;/q;;;;;;2*+3/p-6. The summed E-state index contributed by atoms with van der Waals surface area (Å²) in [4.78, 5) is 0. The van der Waals surface area contributed by atoms with Crippen molar-refractivity contribution in [3.63, 3.8) is 0 Å². The second kappa shape index (κ2) is 112. The molecule has 0 atom stereocenters. The maximum absolute atomic E-state index is 0. The molecule has 1 radical (unpaired) electrons. The van der Waals surface area contributed by atoms with Crippen LogP contribution in [0.3, 0.4) is 0 Å². The average molecular weight is 428 g/mol. The van der Waals surface area contributed by atoms with E-state index in [4.69, 9.17) is 0 Å². The zero-order valence-corrected chi connectivity index (χ0v) is 8.53. The molecule has 0 aliphatic rings. The summed E-state index contributed by atoms with van der Waals surface area (Å²) < 4.78 is 0. The Morgan fingerprint density at radius 1 is 0.375 bits per heavy atom. The van der Waals surface area contributed by atoms with Gasteiger partial charge in [-0.25, -0.2) is 0 Å². The van der Waals surface area contributed by atoms with Crippen LogP contribution in [0.1, 0.15) is 0 Å². The third-order valence-corrected chi connectivity index (χ3v) is 0. The molecule has 0 fully saturated rings. The molecule has 0 bridgehead atoms. The Bertz CT molecular complexity index is 8.49. The Balaban J connectivity index is 0. The molecule has 0 saturated heterocycles. The zero-order valence-electron chi connectivity index (χ0n) is 3.11. The largest absolute Gasteiger partial charge is 3.00 e. The summed E-state index contributed by atoms with van der Waals surface area (Å²) in [5, 5.41) is 0. The van der Waals surface area contributed by atoms with Crippen LogP contribution in [-0.2, 0) is 0 Å². The third kappa shape index (κ3) is 77.7. The van der Waals surface area contributed by atoms with E-state index in [2.05, 4.69) is 0 Å². The van der Waals surface area contributed by atoms with Crippen molar-refractivity contribution >= 4 is 0 Å². The summed E-state index contributed by atoms with van der Waals surface area (Å²) in [5.41, 5.74) is 0. The molecule has 0 aliphatic carbocycles. The molecule has 0 amide bonds. The molecule has 0 spiro atoms. The first-order chi connectivity index (χ1) is 0. The van der Waals surface area contributed by atoms with Crippen LogP contribution < -0.4 is 28.2 Å². The molecule has 0 N–H and O–H groups in total. The summed E-state index contributed by atoms with van der Waals surface area (Å²) >= 11 is 0. The fourth-order valence-corrected chi connectivity index (χ4v) is 0. The first-order valence-electron chi connectivity index (χ1n) is 0. The van der Waals surface area contributed by atoms with Gasteiger partial charge in [0, 0.05) is 0 Å². The molecule has 0 unspecified atom stereocenters. The fraction of sp³-hybridized carbons (Fsp3) is 0. The summed E-state index contributed by atoms with van der Waals surface area (Å²) in [6, 6.07) is 0. The van der Waals surface area contributed by atoms with Crippen LogP contribution in [0.5, 0.6) is 0 Å². The van der Waals surface area contributed by atoms with Gasteiger partial charge in [0.2, 0.25) is 0 Å². The van der Waals surface area contributed by atoms with Crippen molar-refractivity contribution in [2.75, 3.05) is 0 Å². The number of hydrogen-bond donors (Lipinski definition) is 0. The Morgan fingerprint density at radius 3 is 0.375 bits per heavy atom. The van der Waals surface area contributed by atoms with Gasteiger partial charge in [-0.05, 0) is 0 Å². The van der Waals surface area contributed by atoms with E-state index in [1.54, 1.807) is 0 Å². The van der Waals surface area contributed by atoms with Crippen LogP contribution in [0, 0.1) is 88.2 Å². The van der Waals surface area contributed by atoms with Gasteiger partial charge in [-0.2, -0.15) is 0 Å². The van der Waals surface area contributed by atoms with Gasteiger partial charge in [0.25, 0.3) is 0 Å². The summed E-state index contributed by atoms with van der Waals surface area (Å²) in [7, 11) is 0. The van der Waals surface area contributed by atoms with Gasteiger partial charge in [0.1, 0.15) is 0 Å². The van der Waals surface area contributed by atoms with Crippen LogP contribution in [0.2, 0.25) is 0 Å². The van der Waals surface area contributed by atoms with Gasteiger partial charge in [0.05, 0.1) is 0 Å². The molecule has 0 aromatic carbocycles. The first-order valence-corrected chi connectivity index (χ1v) is 0. The molecule has 0 aromatic heterocycles. The second-order valence-corrected chi connectivity index (χ2v) is 0. The van der Waals surface area contributed by atoms with Crippen molar-refractivity contribution in [1.82, 2.24) is 0 Å². The quantitative estimate of drug-likeness (QED) is 0.337. The van der Waals surface area contributed by atoms with E-state index in [0.29, 0.717) is 0 Å². The van der Waals surface area contributed by atoms with E-state index in [9.17, 15) is 0 Å². The van der Waals surface area contributed by atoms with Crippen molar-refractivity contribution in [1.29, 1.82) is 0 Å².